The highest BCUT2D eigenvalue weighted by Gasteiger charge is 2.31. The average molecular weight is 800 g/mol. The minimum absolute atomic E-state index is 0.0281. The molecular weight excluding hydrogens is 748 g/mol. The molecule has 2 aromatic carbocycles. The van der Waals surface area contributed by atoms with Crippen LogP contribution in [0.2, 0.25) is 0 Å². The lowest BCUT2D eigenvalue weighted by molar-refractivity contribution is -0.142. The molecular formula is C38H51BrN6O8. The maximum Gasteiger partial charge on any atom is 0.326 e. The van der Waals surface area contributed by atoms with E-state index in [2.05, 4.69) is 55.7 Å². The van der Waals surface area contributed by atoms with Crippen LogP contribution in [-0.2, 0) is 41.6 Å². The molecule has 15 heteroatoms. The molecule has 0 aromatic heterocycles. The average Bonchev–Trinajstić information content (AvgIpc) is 3.10. The van der Waals surface area contributed by atoms with Crippen LogP contribution in [0.25, 0.3) is 0 Å². The zero-order valence-corrected chi connectivity index (χ0v) is 32.1. The normalized spacial score (nSPS) is 13.8. The van der Waals surface area contributed by atoms with E-state index in [4.69, 9.17) is 0 Å². The molecule has 0 heterocycles. The van der Waals surface area contributed by atoms with E-state index in [0.29, 0.717) is 24.3 Å². The maximum atomic E-state index is 13.6. The maximum absolute atomic E-state index is 13.6. The quantitative estimate of drug-likeness (QED) is 0.0690. The summed E-state index contributed by atoms with van der Waals surface area (Å²) in [5.74, 6) is -4.00. The summed E-state index contributed by atoms with van der Waals surface area (Å²) in [6.07, 6.45) is 3.70. The molecule has 0 aliphatic heterocycles. The van der Waals surface area contributed by atoms with Gasteiger partial charge in [0.25, 0.3) is 0 Å². The number of halogens is 1. The number of rotatable bonds is 22. The van der Waals surface area contributed by atoms with Crippen molar-refractivity contribution >= 4 is 57.1 Å². The second kappa shape index (κ2) is 22.1. The van der Waals surface area contributed by atoms with Crippen molar-refractivity contribution in [1.29, 1.82) is 0 Å². The van der Waals surface area contributed by atoms with Gasteiger partial charge in [-0.3, -0.25) is 28.9 Å². The van der Waals surface area contributed by atoms with Gasteiger partial charge < -0.3 is 36.8 Å². The summed E-state index contributed by atoms with van der Waals surface area (Å²) >= 11 is 3.08. The standard InChI is InChI=1S/C38H51BrN6O8/c1-7-17-45(18-8-2)32(21-27-11-15-29(46)16-12-27)37(51)41-24(5)34(48)40-25(6)35(49)43-30(36(50)44-31(38(52)53)19-23(3)4)20-26-9-13-28(14-10-26)42-33(47)22-39/h7-16,23-25,30-32,46H,1-2,17-22H2,3-6H3,(H,40,48)(H,41,51)(H,42,47)(H,43,49)(H,44,50)(H,52,53)/t24?,25?,30-,31-,32-/m0/s1. The minimum atomic E-state index is -1.22. The van der Waals surface area contributed by atoms with Gasteiger partial charge >= 0.3 is 5.97 Å². The number of aliphatic carboxylic acids is 1. The number of carbonyl (C=O) groups excluding carboxylic acids is 5. The lowest BCUT2D eigenvalue weighted by Gasteiger charge is -2.30. The van der Waals surface area contributed by atoms with Crippen LogP contribution in [0.5, 0.6) is 5.75 Å². The highest BCUT2D eigenvalue weighted by Crippen LogP contribution is 2.16. The fraction of sp³-hybridized carbons (Fsp3) is 0.421. The summed E-state index contributed by atoms with van der Waals surface area (Å²) in [7, 11) is 0. The van der Waals surface area contributed by atoms with E-state index in [0.717, 1.165) is 5.56 Å². The molecule has 0 saturated carbocycles. The van der Waals surface area contributed by atoms with Crippen molar-refractivity contribution in [2.75, 3.05) is 23.7 Å². The van der Waals surface area contributed by atoms with Crippen LogP contribution in [0.15, 0.2) is 73.8 Å². The van der Waals surface area contributed by atoms with Crippen LogP contribution in [0.4, 0.5) is 5.69 Å². The molecule has 5 amide bonds. The largest absolute Gasteiger partial charge is 0.508 e. The van der Waals surface area contributed by atoms with Gasteiger partial charge in [0.2, 0.25) is 29.5 Å². The highest BCUT2D eigenvalue weighted by molar-refractivity contribution is 9.09. The van der Waals surface area contributed by atoms with E-state index in [-0.39, 0.29) is 42.2 Å². The Hall–Kier alpha value is -5.02. The summed E-state index contributed by atoms with van der Waals surface area (Å²) < 4.78 is 0. The fourth-order valence-electron chi connectivity index (χ4n) is 5.31. The first-order valence-electron chi connectivity index (χ1n) is 17.2. The van der Waals surface area contributed by atoms with Crippen molar-refractivity contribution in [2.24, 2.45) is 5.92 Å². The Labute approximate surface area is 319 Å². The second-order valence-electron chi connectivity index (χ2n) is 13.1. The topological polar surface area (TPSA) is 206 Å². The molecule has 0 bridgehead atoms. The highest BCUT2D eigenvalue weighted by atomic mass is 79.9. The SMILES string of the molecule is C=CCN(CC=C)[C@@H](Cc1ccc(O)cc1)C(=O)NC(C)C(=O)NC(C)C(=O)N[C@@H](Cc1ccc(NC(=O)CBr)cc1)C(=O)N[C@@H](CC(C)C)C(=O)O. The van der Waals surface area contributed by atoms with E-state index in [1.54, 1.807) is 48.6 Å². The number of carboxylic acid groups (broad SMARTS) is 1. The van der Waals surface area contributed by atoms with Crippen LogP contribution >= 0.6 is 15.9 Å². The first-order chi connectivity index (χ1) is 25.1. The van der Waals surface area contributed by atoms with Gasteiger partial charge in [-0.2, -0.15) is 0 Å². The number of hydrogen-bond acceptors (Lipinski definition) is 8. The van der Waals surface area contributed by atoms with Crippen molar-refractivity contribution in [2.45, 2.75) is 77.2 Å². The Morgan fingerprint density at radius 3 is 1.72 bits per heavy atom. The summed E-state index contributed by atoms with van der Waals surface area (Å²) in [5, 5.41) is 32.6. The molecule has 0 saturated heterocycles. The number of alkyl halides is 1. The number of phenols is 1. The first kappa shape index (κ1) is 44.1. The minimum Gasteiger partial charge on any atom is -0.508 e. The summed E-state index contributed by atoms with van der Waals surface area (Å²) in [4.78, 5) is 79.1. The summed E-state index contributed by atoms with van der Waals surface area (Å²) in [6.45, 7) is 14.8. The van der Waals surface area contributed by atoms with Gasteiger partial charge in [0.15, 0.2) is 0 Å². The number of benzene rings is 2. The van der Waals surface area contributed by atoms with Crippen molar-refractivity contribution in [3.05, 3.63) is 85.0 Å². The molecule has 2 unspecified atom stereocenters. The van der Waals surface area contributed by atoms with Gasteiger partial charge in [-0.05, 0) is 68.0 Å². The van der Waals surface area contributed by atoms with Crippen LogP contribution in [0.1, 0.15) is 45.2 Å². The molecule has 0 aliphatic carbocycles. The van der Waals surface area contributed by atoms with E-state index in [9.17, 15) is 39.0 Å². The first-order valence-corrected chi connectivity index (χ1v) is 18.3. The Kier molecular flexibility index (Phi) is 18.4. The van der Waals surface area contributed by atoms with Crippen molar-refractivity contribution in [1.82, 2.24) is 26.2 Å². The van der Waals surface area contributed by atoms with Crippen LogP contribution in [0, 0.1) is 5.92 Å². The predicted molar refractivity (Wildman–Crippen MR) is 206 cm³/mol. The molecule has 0 aliphatic rings. The zero-order valence-electron chi connectivity index (χ0n) is 30.6. The van der Waals surface area contributed by atoms with Gasteiger partial charge in [-0.15, -0.1) is 13.2 Å². The predicted octanol–water partition coefficient (Wildman–Crippen LogP) is 2.66. The van der Waals surface area contributed by atoms with Crippen LogP contribution in [-0.4, -0.2) is 99.2 Å². The number of carbonyl (C=O) groups is 6. The third-order valence-corrected chi connectivity index (χ3v) is 8.60. The number of aromatic hydroxyl groups is 1. The molecule has 7 N–H and O–H groups in total. The van der Waals surface area contributed by atoms with E-state index >= 15 is 0 Å². The van der Waals surface area contributed by atoms with E-state index < -0.39 is 59.8 Å². The summed E-state index contributed by atoms with van der Waals surface area (Å²) in [5.41, 5.74) is 1.90. The number of amides is 5. The molecule has 288 valence electrons. The molecule has 0 spiro atoms. The van der Waals surface area contributed by atoms with E-state index in [1.807, 2.05) is 18.7 Å². The fourth-order valence-corrected chi connectivity index (χ4v) is 5.45. The Morgan fingerprint density at radius 1 is 0.717 bits per heavy atom. The van der Waals surface area contributed by atoms with Crippen LogP contribution < -0.4 is 26.6 Å². The van der Waals surface area contributed by atoms with Gasteiger partial charge in [0.05, 0.1) is 11.4 Å². The van der Waals surface area contributed by atoms with Gasteiger partial charge in [0, 0.05) is 25.2 Å². The second-order valence-corrected chi connectivity index (χ2v) is 13.6. The number of carboxylic acids is 1. The number of hydrogen-bond donors (Lipinski definition) is 7. The lowest BCUT2D eigenvalue weighted by Crippen LogP contribution is -2.58. The number of nitrogens with one attached hydrogen (secondary N) is 5. The molecule has 0 radical (unpaired) electrons. The molecule has 2 rings (SSSR count). The van der Waals surface area contributed by atoms with Gasteiger partial charge in [-0.25, -0.2) is 4.79 Å². The van der Waals surface area contributed by atoms with Crippen molar-refractivity contribution < 1.29 is 39.0 Å². The van der Waals surface area contributed by atoms with E-state index in [1.165, 1.54) is 26.0 Å². The van der Waals surface area contributed by atoms with Gasteiger partial charge in [-0.1, -0.05) is 66.2 Å². The van der Waals surface area contributed by atoms with Crippen molar-refractivity contribution in [3.8, 4) is 5.75 Å². The number of phenolic OH excluding ortho intramolecular Hbond substituents is 1. The molecule has 0 fully saturated rings. The van der Waals surface area contributed by atoms with Crippen LogP contribution in [0.3, 0.4) is 0 Å². The third kappa shape index (κ3) is 15.2. The Morgan fingerprint density at radius 2 is 1.21 bits per heavy atom. The van der Waals surface area contributed by atoms with Gasteiger partial charge in [0.1, 0.15) is 29.9 Å². The lowest BCUT2D eigenvalue weighted by atomic mass is 10.0. The molecule has 14 nitrogen and oxygen atoms in total. The molecule has 53 heavy (non-hydrogen) atoms. The number of anilines is 1. The Bertz CT molecular complexity index is 1570. The molecule has 5 atom stereocenters. The van der Waals surface area contributed by atoms with Crippen molar-refractivity contribution in [3.63, 3.8) is 0 Å². The third-order valence-electron chi connectivity index (χ3n) is 8.09. The summed E-state index contributed by atoms with van der Waals surface area (Å²) in [6, 6.07) is 7.65. The Balaban J connectivity index is 2.20. The zero-order chi connectivity index (χ0) is 39.7. The monoisotopic (exact) mass is 798 g/mol. The number of nitrogens with zero attached hydrogens (tertiary/aromatic N) is 1. The molecule has 2 aromatic rings. The smallest absolute Gasteiger partial charge is 0.326 e.